The number of pyridine rings is 1. The summed E-state index contributed by atoms with van der Waals surface area (Å²) in [5, 5.41) is 0.334. The molecule has 0 unspecified atom stereocenters. The number of rotatable bonds is 3. The minimum absolute atomic E-state index is 0.177. The van der Waals surface area contributed by atoms with E-state index < -0.39 is 9.05 Å². The average molecular weight is 292 g/mol. The van der Waals surface area contributed by atoms with E-state index >= 15 is 0 Å². The van der Waals surface area contributed by atoms with E-state index in [1.165, 1.54) is 18.7 Å². The largest absolute Gasteiger partial charge is 0.332 e. The zero-order valence-electron chi connectivity index (χ0n) is 8.42. The highest BCUT2D eigenvalue weighted by atomic mass is 35.7. The van der Waals surface area contributed by atoms with E-state index in [0.717, 1.165) is 5.56 Å². The molecule has 0 aromatic carbocycles. The maximum atomic E-state index is 11.0. The summed E-state index contributed by atoms with van der Waals surface area (Å²) < 4.78 is 23.6. The normalized spacial score (nSPS) is 11.6. The van der Waals surface area contributed by atoms with Gasteiger partial charge in [-0.25, -0.2) is 13.4 Å². The van der Waals surface area contributed by atoms with Gasteiger partial charge in [-0.1, -0.05) is 11.6 Å². The highest BCUT2D eigenvalue weighted by molar-refractivity contribution is 8.13. The summed E-state index contributed by atoms with van der Waals surface area (Å²) in [5.41, 5.74) is 0.817. The third kappa shape index (κ3) is 2.96. The van der Waals surface area contributed by atoms with Gasteiger partial charge >= 0.3 is 0 Å². The maximum absolute atomic E-state index is 11.0. The van der Waals surface area contributed by atoms with E-state index in [-0.39, 0.29) is 5.03 Å². The summed E-state index contributed by atoms with van der Waals surface area (Å²) in [5.74, 6) is 0. The highest BCUT2D eigenvalue weighted by Gasteiger charge is 2.13. The van der Waals surface area contributed by atoms with Crippen molar-refractivity contribution in [2.75, 3.05) is 0 Å². The second kappa shape index (κ2) is 4.64. The average Bonchev–Trinajstić information content (AvgIpc) is 2.69. The number of hydrogen-bond donors (Lipinski definition) is 0. The van der Waals surface area contributed by atoms with Crippen LogP contribution in [0.5, 0.6) is 0 Å². The molecule has 0 spiro atoms. The lowest BCUT2D eigenvalue weighted by atomic mass is 10.3. The second-order valence-corrected chi connectivity index (χ2v) is 6.21. The van der Waals surface area contributed by atoms with Gasteiger partial charge in [0.2, 0.25) is 0 Å². The molecule has 0 amide bonds. The van der Waals surface area contributed by atoms with Crippen LogP contribution in [0.25, 0.3) is 0 Å². The standard InChI is InChI=1S/C9H7Cl2N3O2S/c10-8-3-12-2-1-7(8)4-14-5-9(13-6-14)17(11,15)16/h1-3,5-6H,4H2. The molecule has 0 radical (unpaired) electrons. The minimum atomic E-state index is -3.79. The Labute approximate surface area is 107 Å². The molecule has 0 aliphatic heterocycles. The van der Waals surface area contributed by atoms with Gasteiger partial charge in [-0.2, -0.15) is 0 Å². The van der Waals surface area contributed by atoms with Crippen LogP contribution < -0.4 is 0 Å². The Morgan fingerprint density at radius 3 is 2.76 bits per heavy atom. The van der Waals surface area contributed by atoms with Gasteiger partial charge in [0.05, 0.1) is 17.9 Å². The molecule has 0 aliphatic carbocycles. The molecular weight excluding hydrogens is 285 g/mol. The number of halogens is 2. The Morgan fingerprint density at radius 1 is 1.41 bits per heavy atom. The first-order valence-corrected chi connectivity index (χ1v) is 7.20. The van der Waals surface area contributed by atoms with Crippen LogP contribution >= 0.6 is 22.3 Å². The number of aromatic nitrogens is 3. The van der Waals surface area contributed by atoms with Crippen LogP contribution in [0.15, 0.2) is 36.0 Å². The molecule has 90 valence electrons. The Kier molecular flexibility index (Phi) is 3.37. The molecule has 0 atom stereocenters. The van der Waals surface area contributed by atoms with Crippen molar-refractivity contribution in [1.82, 2.24) is 14.5 Å². The van der Waals surface area contributed by atoms with Gasteiger partial charge in [0.25, 0.3) is 9.05 Å². The van der Waals surface area contributed by atoms with Gasteiger partial charge in [0.15, 0.2) is 5.03 Å². The Balaban J connectivity index is 2.26. The molecule has 2 heterocycles. The van der Waals surface area contributed by atoms with E-state index in [2.05, 4.69) is 9.97 Å². The van der Waals surface area contributed by atoms with Crippen LogP contribution in [0.3, 0.4) is 0 Å². The van der Waals surface area contributed by atoms with E-state index in [9.17, 15) is 8.42 Å². The van der Waals surface area contributed by atoms with Gasteiger partial charge < -0.3 is 4.57 Å². The van der Waals surface area contributed by atoms with Crippen molar-refractivity contribution in [3.05, 3.63) is 41.6 Å². The molecule has 2 aromatic rings. The predicted molar refractivity (Wildman–Crippen MR) is 63.6 cm³/mol. The lowest BCUT2D eigenvalue weighted by Crippen LogP contribution is -1.97. The monoisotopic (exact) mass is 291 g/mol. The molecule has 0 bridgehead atoms. The summed E-state index contributed by atoms with van der Waals surface area (Å²) in [7, 11) is 1.38. The van der Waals surface area contributed by atoms with Crippen LogP contribution in [-0.4, -0.2) is 23.0 Å². The summed E-state index contributed by atoms with van der Waals surface area (Å²) in [6.45, 7) is 0.404. The maximum Gasteiger partial charge on any atom is 0.280 e. The third-order valence-corrected chi connectivity index (χ3v) is 3.59. The molecule has 0 N–H and O–H groups in total. The van der Waals surface area contributed by atoms with Gasteiger partial charge in [-0.05, 0) is 11.6 Å². The third-order valence-electron chi connectivity index (χ3n) is 2.07. The van der Waals surface area contributed by atoms with Gasteiger partial charge in [0, 0.05) is 29.3 Å². The smallest absolute Gasteiger partial charge is 0.280 e. The zero-order valence-corrected chi connectivity index (χ0v) is 10.7. The van der Waals surface area contributed by atoms with Crippen LogP contribution in [0.4, 0.5) is 0 Å². The Morgan fingerprint density at radius 2 is 2.18 bits per heavy atom. The van der Waals surface area contributed by atoms with E-state index in [4.69, 9.17) is 22.3 Å². The lowest BCUT2D eigenvalue weighted by Gasteiger charge is -2.03. The molecule has 0 saturated carbocycles. The topological polar surface area (TPSA) is 64.8 Å². The molecule has 0 fully saturated rings. The summed E-state index contributed by atoms with van der Waals surface area (Å²) >= 11 is 5.93. The van der Waals surface area contributed by atoms with E-state index in [1.807, 2.05) is 0 Å². The van der Waals surface area contributed by atoms with Crippen molar-refractivity contribution in [2.24, 2.45) is 0 Å². The first-order chi connectivity index (χ1) is 7.97. The first kappa shape index (κ1) is 12.3. The number of imidazole rings is 1. The van der Waals surface area contributed by atoms with Crippen molar-refractivity contribution in [3.8, 4) is 0 Å². The van der Waals surface area contributed by atoms with Gasteiger partial charge in [-0.15, -0.1) is 0 Å². The summed E-state index contributed by atoms with van der Waals surface area (Å²) in [6.07, 6.45) is 5.86. The van der Waals surface area contributed by atoms with Crippen molar-refractivity contribution in [3.63, 3.8) is 0 Å². The zero-order chi connectivity index (χ0) is 12.5. The molecule has 0 aliphatic rings. The summed E-state index contributed by atoms with van der Waals surface area (Å²) in [6, 6.07) is 1.75. The fourth-order valence-corrected chi connectivity index (χ4v) is 2.13. The quantitative estimate of drug-likeness (QED) is 0.811. The Hall–Kier alpha value is -1.11. The van der Waals surface area contributed by atoms with Crippen molar-refractivity contribution < 1.29 is 8.42 Å². The molecule has 0 saturated heterocycles. The molecule has 2 aromatic heterocycles. The van der Waals surface area contributed by atoms with Crippen molar-refractivity contribution in [2.45, 2.75) is 11.6 Å². The second-order valence-electron chi connectivity index (χ2n) is 3.29. The van der Waals surface area contributed by atoms with Crippen LogP contribution in [0.2, 0.25) is 5.02 Å². The summed E-state index contributed by atoms with van der Waals surface area (Å²) in [4.78, 5) is 7.55. The molecular formula is C9H7Cl2N3O2S. The van der Waals surface area contributed by atoms with E-state index in [0.29, 0.717) is 11.6 Å². The number of hydrogen-bond acceptors (Lipinski definition) is 4. The van der Waals surface area contributed by atoms with Crippen LogP contribution in [0.1, 0.15) is 5.56 Å². The van der Waals surface area contributed by atoms with Crippen molar-refractivity contribution in [1.29, 1.82) is 0 Å². The highest BCUT2D eigenvalue weighted by Crippen LogP contribution is 2.16. The lowest BCUT2D eigenvalue weighted by molar-refractivity contribution is 0.606. The SMILES string of the molecule is O=S(=O)(Cl)c1cn(Cc2ccncc2Cl)cn1. The van der Waals surface area contributed by atoms with Crippen molar-refractivity contribution >= 4 is 31.3 Å². The molecule has 2 rings (SSSR count). The minimum Gasteiger partial charge on any atom is -0.332 e. The first-order valence-electron chi connectivity index (χ1n) is 4.51. The molecule has 5 nitrogen and oxygen atoms in total. The van der Waals surface area contributed by atoms with Crippen LogP contribution in [-0.2, 0) is 15.6 Å². The Bertz CT molecular complexity index is 639. The predicted octanol–water partition coefficient (Wildman–Crippen LogP) is 1.91. The number of nitrogens with zero attached hydrogens (tertiary/aromatic N) is 3. The van der Waals surface area contributed by atoms with Gasteiger partial charge in [-0.3, -0.25) is 4.98 Å². The fourth-order valence-electron chi connectivity index (χ4n) is 1.28. The van der Waals surface area contributed by atoms with Gasteiger partial charge in [0.1, 0.15) is 0 Å². The molecule has 8 heteroatoms. The molecule has 17 heavy (non-hydrogen) atoms. The van der Waals surface area contributed by atoms with Crippen LogP contribution in [0, 0.1) is 0 Å². The van der Waals surface area contributed by atoms with E-state index in [1.54, 1.807) is 16.8 Å². The fraction of sp³-hybridized carbons (Fsp3) is 0.111.